The summed E-state index contributed by atoms with van der Waals surface area (Å²) in [6.45, 7) is 0.475. The Morgan fingerprint density at radius 2 is 1.57 bits per heavy atom. The van der Waals surface area contributed by atoms with E-state index in [1.165, 1.54) is 0 Å². The number of carboxylic acid groups (broad SMARTS) is 1. The van der Waals surface area contributed by atoms with Crippen LogP contribution in [0.2, 0.25) is 5.02 Å². The molecule has 4 N–H and O–H groups in total. The van der Waals surface area contributed by atoms with E-state index in [0.717, 1.165) is 23.4 Å². The first-order chi connectivity index (χ1) is 17.4. The van der Waals surface area contributed by atoms with Gasteiger partial charge in [0.25, 0.3) is 0 Å². The van der Waals surface area contributed by atoms with Crippen LogP contribution in [0.3, 0.4) is 0 Å². The van der Waals surface area contributed by atoms with Crippen molar-refractivity contribution >= 4 is 64.8 Å². The van der Waals surface area contributed by atoms with Gasteiger partial charge in [0.2, 0.25) is 11.8 Å². The average molecular weight is 532 g/mol. The SMILES string of the molecule is O=C(O)CC(NC(=O)CNC(=O)CCCCNc1ccccn1)c1ccc(-c2ccc(Cl)cc2)cc1.[Na]. The number of aromatic nitrogens is 1. The van der Waals surface area contributed by atoms with Gasteiger partial charge in [-0.05, 0) is 53.8 Å². The van der Waals surface area contributed by atoms with Gasteiger partial charge in [-0.15, -0.1) is 0 Å². The third kappa shape index (κ3) is 10.9. The minimum Gasteiger partial charge on any atom is -0.481 e. The smallest absolute Gasteiger partial charge is 0.305 e. The molecule has 0 fully saturated rings. The molecule has 1 atom stereocenters. The summed E-state index contributed by atoms with van der Waals surface area (Å²) in [4.78, 5) is 40.0. The van der Waals surface area contributed by atoms with Crippen LogP contribution in [0, 0.1) is 0 Å². The summed E-state index contributed by atoms with van der Waals surface area (Å²) in [5.41, 5.74) is 2.58. The molecular weight excluding hydrogens is 503 g/mol. The van der Waals surface area contributed by atoms with Crippen molar-refractivity contribution < 1.29 is 19.5 Å². The molecule has 2 aromatic carbocycles. The van der Waals surface area contributed by atoms with E-state index in [-0.39, 0.29) is 48.4 Å². The second kappa shape index (κ2) is 16.0. The molecule has 0 saturated heterocycles. The summed E-state index contributed by atoms with van der Waals surface area (Å²) >= 11 is 5.94. The van der Waals surface area contributed by atoms with Gasteiger partial charge in [0.05, 0.1) is 19.0 Å². The Kier molecular flexibility index (Phi) is 13.1. The first-order valence-electron chi connectivity index (χ1n) is 11.7. The Labute approximate surface area is 243 Å². The quantitative estimate of drug-likeness (QED) is 0.195. The minimum absolute atomic E-state index is 0. The molecule has 0 bridgehead atoms. The number of amides is 2. The van der Waals surface area contributed by atoms with Gasteiger partial charge in [0.15, 0.2) is 0 Å². The normalized spacial score (nSPS) is 11.1. The molecule has 3 rings (SSSR count). The maximum absolute atomic E-state index is 12.4. The van der Waals surface area contributed by atoms with E-state index in [2.05, 4.69) is 20.9 Å². The average Bonchev–Trinajstić information content (AvgIpc) is 2.88. The standard InChI is InChI=1S/C27H29ClN4O4.Na/c28-22-13-11-20(12-14-22)19-7-9-21(10-8-19)23(17-27(35)36)32-26(34)18-31-25(33)6-2-4-16-30-24-5-1-3-15-29-24;/h1,3,5,7-15,23H,2,4,6,16-18H2,(H,29,30)(H,31,33)(H,32,34)(H,35,36);. The Hall–Kier alpha value is -2.91. The second-order valence-corrected chi connectivity index (χ2v) is 8.66. The van der Waals surface area contributed by atoms with Gasteiger partial charge in [0.1, 0.15) is 5.82 Å². The van der Waals surface area contributed by atoms with Crippen molar-refractivity contribution in [2.75, 3.05) is 18.4 Å². The van der Waals surface area contributed by atoms with Crippen molar-refractivity contribution in [2.24, 2.45) is 0 Å². The monoisotopic (exact) mass is 531 g/mol. The number of anilines is 1. The molecule has 0 aliphatic carbocycles. The van der Waals surface area contributed by atoms with Crippen molar-refractivity contribution in [3.8, 4) is 11.1 Å². The molecule has 0 saturated carbocycles. The van der Waals surface area contributed by atoms with E-state index in [4.69, 9.17) is 11.6 Å². The number of nitrogens with one attached hydrogen (secondary N) is 3. The number of hydrogen-bond donors (Lipinski definition) is 4. The van der Waals surface area contributed by atoms with Crippen LogP contribution in [0.25, 0.3) is 11.1 Å². The van der Waals surface area contributed by atoms with Gasteiger partial charge >= 0.3 is 5.97 Å². The van der Waals surface area contributed by atoms with Crippen molar-refractivity contribution in [3.05, 3.63) is 83.5 Å². The van der Waals surface area contributed by atoms with E-state index in [1.54, 1.807) is 30.5 Å². The van der Waals surface area contributed by atoms with Crippen LogP contribution in [0.15, 0.2) is 72.9 Å². The Morgan fingerprint density at radius 1 is 0.892 bits per heavy atom. The number of carbonyl (C=O) groups is 3. The first kappa shape index (κ1) is 30.3. The summed E-state index contributed by atoms with van der Waals surface area (Å²) in [5, 5.41) is 18.4. The largest absolute Gasteiger partial charge is 0.481 e. The molecule has 0 aliphatic rings. The van der Waals surface area contributed by atoms with Crippen LogP contribution in [-0.2, 0) is 14.4 Å². The van der Waals surface area contributed by atoms with E-state index in [0.29, 0.717) is 30.0 Å². The zero-order valence-electron chi connectivity index (χ0n) is 20.7. The van der Waals surface area contributed by atoms with Crippen LogP contribution >= 0.6 is 11.6 Å². The summed E-state index contributed by atoms with van der Waals surface area (Å²) < 4.78 is 0. The molecule has 189 valence electrons. The fraction of sp³-hybridized carbons (Fsp3) is 0.259. The molecule has 3 aromatic rings. The summed E-state index contributed by atoms with van der Waals surface area (Å²) in [6.07, 6.45) is 3.17. The first-order valence-corrected chi connectivity index (χ1v) is 12.1. The zero-order chi connectivity index (χ0) is 25.8. The fourth-order valence-corrected chi connectivity index (χ4v) is 3.71. The van der Waals surface area contributed by atoms with E-state index in [1.807, 2.05) is 42.5 Å². The van der Waals surface area contributed by atoms with Gasteiger partial charge in [0, 0.05) is 53.7 Å². The van der Waals surface area contributed by atoms with Gasteiger partial charge in [-0.25, -0.2) is 4.98 Å². The van der Waals surface area contributed by atoms with E-state index in [9.17, 15) is 19.5 Å². The fourth-order valence-electron chi connectivity index (χ4n) is 3.58. The molecule has 10 heteroatoms. The van der Waals surface area contributed by atoms with E-state index < -0.39 is 17.9 Å². The van der Waals surface area contributed by atoms with Gasteiger partial charge in [-0.2, -0.15) is 0 Å². The molecular formula is C27H29ClN4NaO4. The zero-order valence-corrected chi connectivity index (χ0v) is 23.5. The number of nitrogens with zero attached hydrogens (tertiary/aromatic N) is 1. The number of hydrogen-bond acceptors (Lipinski definition) is 5. The number of halogens is 1. The summed E-state index contributed by atoms with van der Waals surface area (Å²) in [7, 11) is 0. The molecule has 2 amide bonds. The number of benzene rings is 2. The predicted molar refractivity (Wildman–Crippen MR) is 145 cm³/mol. The maximum atomic E-state index is 12.4. The van der Waals surface area contributed by atoms with Crippen LogP contribution in [0.1, 0.15) is 37.3 Å². The van der Waals surface area contributed by atoms with Crippen molar-refractivity contribution in [2.45, 2.75) is 31.7 Å². The number of carbonyl (C=O) groups excluding carboxylic acids is 2. The minimum atomic E-state index is -1.04. The Morgan fingerprint density at radius 3 is 2.19 bits per heavy atom. The Balaban J connectivity index is 0.00000481. The van der Waals surface area contributed by atoms with Gasteiger partial charge < -0.3 is 21.1 Å². The van der Waals surface area contributed by atoms with Crippen molar-refractivity contribution in [1.29, 1.82) is 0 Å². The van der Waals surface area contributed by atoms with Crippen molar-refractivity contribution in [3.63, 3.8) is 0 Å². The molecule has 37 heavy (non-hydrogen) atoms. The third-order valence-electron chi connectivity index (χ3n) is 5.45. The third-order valence-corrected chi connectivity index (χ3v) is 5.70. The number of aliphatic carboxylic acids is 1. The van der Waals surface area contributed by atoms with Crippen LogP contribution in [0.4, 0.5) is 5.82 Å². The van der Waals surface area contributed by atoms with Crippen molar-refractivity contribution in [1.82, 2.24) is 15.6 Å². The van der Waals surface area contributed by atoms with E-state index >= 15 is 0 Å². The summed E-state index contributed by atoms with van der Waals surface area (Å²) in [5.74, 6) is -0.933. The number of rotatable bonds is 13. The van der Waals surface area contributed by atoms with Gasteiger partial charge in [-0.3, -0.25) is 14.4 Å². The van der Waals surface area contributed by atoms with Gasteiger partial charge in [-0.1, -0.05) is 54.1 Å². The molecule has 1 radical (unpaired) electrons. The second-order valence-electron chi connectivity index (χ2n) is 8.22. The predicted octanol–water partition coefficient (Wildman–Crippen LogP) is 4.05. The number of carboxylic acids is 1. The molecule has 1 heterocycles. The number of pyridine rings is 1. The topological polar surface area (TPSA) is 120 Å². The molecule has 1 aromatic heterocycles. The molecule has 0 spiro atoms. The van der Waals surface area contributed by atoms with Crippen LogP contribution in [0.5, 0.6) is 0 Å². The molecule has 0 aliphatic heterocycles. The maximum Gasteiger partial charge on any atom is 0.305 e. The summed E-state index contributed by atoms with van der Waals surface area (Å²) in [6, 6.07) is 19.6. The van der Waals surface area contributed by atoms with Crippen LogP contribution < -0.4 is 16.0 Å². The number of unbranched alkanes of at least 4 members (excludes halogenated alkanes) is 1. The molecule has 8 nitrogen and oxygen atoms in total. The molecule has 1 unspecified atom stereocenters. The Bertz CT molecular complexity index is 1150. The van der Waals surface area contributed by atoms with Crippen LogP contribution in [-0.4, -0.2) is 70.5 Å².